The predicted molar refractivity (Wildman–Crippen MR) is 68.1 cm³/mol. The highest BCUT2D eigenvalue weighted by Crippen LogP contribution is 2.32. The lowest BCUT2D eigenvalue weighted by atomic mass is 10.2. The number of rotatable bonds is 2. The van der Waals surface area contributed by atoms with E-state index in [0.717, 1.165) is 26.1 Å². The molecule has 0 saturated heterocycles. The highest BCUT2D eigenvalue weighted by atomic mass is 15.4. The van der Waals surface area contributed by atoms with Crippen LogP contribution in [0.2, 0.25) is 0 Å². The van der Waals surface area contributed by atoms with Gasteiger partial charge in [-0.25, -0.2) is 0 Å². The molecular weight excluding hydrogens is 200 g/mol. The van der Waals surface area contributed by atoms with Crippen molar-refractivity contribution in [2.45, 2.75) is 27.2 Å². The first kappa shape index (κ1) is 11.3. The van der Waals surface area contributed by atoms with Gasteiger partial charge in [-0.1, -0.05) is 13.8 Å². The minimum atomic E-state index is 0.678. The highest BCUT2D eigenvalue weighted by molar-refractivity contribution is 5.70. The molecule has 1 N–H and O–H groups in total. The monoisotopic (exact) mass is 222 g/mol. The molecule has 1 unspecified atom stereocenters. The van der Waals surface area contributed by atoms with E-state index in [4.69, 9.17) is 0 Å². The first-order valence-corrected chi connectivity index (χ1v) is 6.22. The van der Waals surface area contributed by atoms with Crippen LogP contribution in [0, 0.1) is 5.92 Å². The zero-order chi connectivity index (χ0) is 11.7. The number of anilines is 2. The van der Waals surface area contributed by atoms with Gasteiger partial charge in [0.05, 0.1) is 5.69 Å². The predicted octanol–water partition coefficient (Wildman–Crippen LogP) is 1.87. The second-order valence-electron chi connectivity index (χ2n) is 4.65. The van der Waals surface area contributed by atoms with Crippen LogP contribution < -0.4 is 10.2 Å². The second kappa shape index (κ2) is 4.36. The van der Waals surface area contributed by atoms with E-state index in [-0.39, 0.29) is 0 Å². The van der Waals surface area contributed by atoms with Crippen LogP contribution in [-0.4, -0.2) is 29.4 Å². The molecule has 0 amide bonds. The standard InChI is InChI=1S/C12H22N4/c1-5-10-11-12(15(4)14-10)16(6-2)8-9(3)7-13-11/h9,13H,5-8H2,1-4H3. The van der Waals surface area contributed by atoms with Gasteiger partial charge in [0, 0.05) is 26.7 Å². The summed E-state index contributed by atoms with van der Waals surface area (Å²) in [5.74, 6) is 1.93. The summed E-state index contributed by atoms with van der Waals surface area (Å²) in [6.07, 6.45) is 0.988. The molecule has 0 spiro atoms. The van der Waals surface area contributed by atoms with Crippen LogP contribution in [0.25, 0.3) is 0 Å². The fourth-order valence-corrected chi connectivity index (χ4v) is 2.44. The maximum atomic E-state index is 4.59. The largest absolute Gasteiger partial charge is 0.380 e. The van der Waals surface area contributed by atoms with E-state index in [1.54, 1.807) is 0 Å². The quantitative estimate of drug-likeness (QED) is 0.829. The molecule has 16 heavy (non-hydrogen) atoms. The van der Waals surface area contributed by atoms with Gasteiger partial charge in [0.1, 0.15) is 5.69 Å². The van der Waals surface area contributed by atoms with Gasteiger partial charge in [-0.05, 0) is 19.3 Å². The molecule has 1 atom stereocenters. The molecule has 1 aliphatic heterocycles. The van der Waals surface area contributed by atoms with E-state index < -0.39 is 0 Å². The lowest BCUT2D eigenvalue weighted by Gasteiger charge is -2.23. The molecular formula is C12H22N4. The summed E-state index contributed by atoms with van der Waals surface area (Å²) in [5, 5.41) is 8.14. The van der Waals surface area contributed by atoms with Gasteiger partial charge in [-0.15, -0.1) is 0 Å². The summed E-state index contributed by atoms with van der Waals surface area (Å²) in [6, 6.07) is 0. The first-order chi connectivity index (χ1) is 7.67. The summed E-state index contributed by atoms with van der Waals surface area (Å²) in [7, 11) is 2.04. The number of nitrogens with one attached hydrogen (secondary N) is 1. The summed E-state index contributed by atoms with van der Waals surface area (Å²) in [4.78, 5) is 2.42. The maximum Gasteiger partial charge on any atom is 0.150 e. The molecule has 2 heterocycles. The topological polar surface area (TPSA) is 33.1 Å². The van der Waals surface area contributed by atoms with Crippen LogP contribution in [0.15, 0.2) is 0 Å². The van der Waals surface area contributed by atoms with E-state index in [2.05, 4.69) is 36.1 Å². The van der Waals surface area contributed by atoms with Crippen molar-refractivity contribution < 1.29 is 0 Å². The van der Waals surface area contributed by atoms with Crippen molar-refractivity contribution in [3.05, 3.63) is 5.69 Å². The zero-order valence-corrected chi connectivity index (χ0v) is 10.7. The number of aryl methyl sites for hydroxylation is 2. The SMILES string of the molecule is CCc1nn(C)c2c1NCC(C)CN2CC. The fourth-order valence-electron chi connectivity index (χ4n) is 2.44. The lowest BCUT2D eigenvalue weighted by molar-refractivity contribution is 0.586. The van der Waals surface area contributed by atoms with Gasteiger partial charge in [-0.3, -0.25) is 4.68 Å². The Labute approximate surface area is 97.6 Å². The maximum absolute atomic E-state index is 4.59. The Morgan fingerprint density at radius 1 is 1.44 bits per heavy atom. The fraction of sp³-hybridized carbons (Fsp3) is 0.750. The highest BCUT2D eigenvalue weighted by Gasteiger charge is 2.24. The summed E-state index contributed by atoms with van der Waals surface area (Å²) >= 11 is 0. The second-order valence-corrected chi connectivity index (χ2v) is 4.65. The molecule has 2 rings (SSSR count). The van der Waals surface area contributed by atoms with E-state index in [1.807, 2.05) is 11.7 Å². The van der Waals surface area contributed by atoms with Crippen molar-refractivity contribution in [1.29, 1.82) is 0 Å². The van der Waals surface area contributed by atoms with Crippen LogP contribution >= 0.6 is 0 Å². The Morgan fingerprint density at radius 3 is 2.81 bits per heavy atom. The van der Waals surface area contributed by atoms with Crippen LogP contribution in [-0.2, 0) is 13.5 Å². The molecule has 0 fully saturated rings. The van der Waals surface area contributed by atoms with E-state index in [9.17, 15) is 0 Å². The van der Waals surface area contributed by atoms with Gasteiger partial charge in [0.2, 0.25) is 0 Å². The summed E-state index contributed by atoms with van der Waals surface area (Å²) in [5.41, 5.74) is 2.43. The van der Waals surface area contributed by atoms with Gasteiger partial charge < -0.3 is 10.2 Å². The first-order valence-electron chi connectivity index (χ1n) is 6.22. The minimum absolute atomic E-state index is 0.678. The van der Waals surface area contributed by atoms with Gasteiger partial charge >= 0.3 is 0 Å². The Balaban J connectivity index is 2.45. The third-order valence-corrected chi connectivity index (χ3v) is 3.26. The molecule has 4 heteroatoms. The Morgan fingerprint density at radius 2 is 2.19 bits per heavy atom. The average molecular weight is 222 g/mol. The third-order valence-electron chi connectivity index (χ3n) is 3.26. The smallest absolute Gasteiger partial charge is 0.150 e. The van der Waals surface area contributed by atoms with Gasteiger partial charge in [0.25, 0.3) is 0 Å². The zero-order valence-electron chi connectivity index (χ0n) is 10.7. The Bertz CT molecular complexity index is 369. The average Bonchev–Trinajstić information content (AvgIpc) is 2.48. The molecule has 1 aromatic heterocycles. The van der Waals surface area contributed by atoms with Gasteiger partial charge in [0.15, 0.2) is 5.82 Å². The molecule has 0 saturated carbocycles. The van der Waals surface area contributed by atoms with Gasteiger partial charge in [-0.2, -0.15) is 5.10 Å². The summed E-state index contributed by atoms with van der Waals surface area (Å²) < 4.78 is 2.02. The Kier molecular flexibility index (Phi) is 3.08. The molecule has 0 radical (unpaired) electrons. The molecule has 1 aromatic rings. The molecule has 0 aromatic carbocycles. The molecule has 4 nitrogen and oxygen atoms in total. The van der Waals surface area contributed by atoms with Crippen LogP contribution in [0.5, 0.6) is 0 Å². The van der Waals surface area contributed by atoms with Crippen LogP contribution in [0.3, 0.4) is 0 Å². The van der Waals surface area contributed by atoms with Crippen LogP contribution in [0.4, 0.5) is 11.5 Å². The van der Waals surface area contributed by atoms with Crippen molar-refractivity contribution in [2.75, 3.05) is 29.9 Å². The lowest BCUT2D eigenvalue weighted by Crippen LogP contribution is -2.29. The number of nitrogens with zero attached hydrogens (tertiary/aromatic N) is 3. The van der Waals surface area contributed by atoms with E-state index in [1.165, 1.54) is 17.2 Å². The van der Waals surface area contributed by atoms with Crippen LogP contribution in [0.1, 0.15) is 26.5 Å². The molecule has 0 aliphatic carbocycles. The minimum Gasteiger partial charge on any atom is -0.380 e. The van der Waals surface area contributed by atoms with Crippen molar-refractivity contribution in [1.82, 2.24) is 9.78 Å². The van der Waals surface area contributed by atoms with Crippen molar-refractivity contribution in [3.63, 3.8) is 0 Å². The number of hydrogen-bond acceptors (Lipinski definition) is 3. The van der Waals surface area contributed by atoms with E-state index >= 15 is 0 Å². The van der Waals surface area contributed by atoms with Crippen molar-refractivity contribution in [2.24, 2.45) is 13.0 Å². The van der Waals surface area contributed by atoms with Crippen molar-refractivity contribution in [3.8, 4) is 0 Å². The third kappa shape index (κ3) is 1.77. The number of hydrogen-bond donors (Lipinski definition) is 1. The van der Waals surface area contributed by atoms with Crippen molar-refractivity contribution >= 4 is 11.5 Å². The number of fused-ring (bicyclic) bond motifs is 1. The molecule has 0 bridgehead atoms. The Hall–Kier alpha value is -1.19. The number of aromatic nitrogens is 2. The normalized spacial score (nSPS) is 20.2. The molecule has 1 aliphatic rings. The summed E-state index contributed by atoms with van der Waals surface area (Å²) in [6.45, 7) is 9.86. The molecule has 90 valence electrons. The van der Waals surface area contributed by atoms with E-state index in [0.29, 0.717) is 5.92 Å².